The lowest BCUT2D eigenvalue weighted by Crippen LogP contribution is -2.32. The van der Waals surface area contributed by atoms with Gasteiger partial charge in [0.05, 0.1) is 5.56 Å². The topological polar surface area (TPSA) is 106 Å². The van der Waals surface area contributed by atoms with Crippen LogP contribution in [0.4, 0.5) is 0 Å². The molecule has 1 saturated heterocycles. The van der Waals surface area contributed by atoms with E-state index in [1.165, 1.54) is 12.1 Å². The fourth-order valence-corrected chi connectivity index (χ4v) is 2.96. The van der Waals surface area contributed by atoms with Crippen LogP contribution in [0.2, 0.25) is 0 Å². The third-order valence-electron chi connectivity index (χ3n) is 3.16. The van der Waals surface area contributed by atoms with Gasteiger partial charge in [0, 0.05) is 26.0 Å². The lowest BCUT2D eigenvalue weighted by atomic mass is 10.0. The van der Waals surface area contributed by atoms with Crippen LogP contribution in [0.25, 0.3) is 0 Å². The Morgan fingerprint density at radius 2 is 2.10 bits per heavy atom. The minimum absolute atomic E-state index is 0.0478. The molecule has 0 atom stereocenters. The number of ether oxygens (including phenoxy) is 1. The van der Waals surface area contributed by atoms with E-state index in [9.17, 15) is 13.2 Å². The molecule has 0 bridgehead atoms. The first-order valence-corrected chi connectivity index (χ1v) is 7.74. The Balaban J connectivity index is 2.00. The average molecular weight is 300 g/mol. The van der Waals surface area contributed by atoms with Crippen molar-refractivity contribution in [1.82, 2.24) is 9.71 Å². The van der Waals surface area contributed by atoms with Gasteiger partial charge in [0.1, 0.15) is 0 Å². The van der Waals surface area contributed by atoms with Crippen molar-refractivity contribution < 1.29 is 23.1 Å². The molecule has 0 unspecified atom stereocenters. The number of sulfonamides is 1. The summed E-state index contributed by atoms with van der Waals surface area (Å²) in [6.45, 7) is 1.64. The molecular formula is C12H16N2O5S. The highest BCUT2D eigenvalue weighted by molar-refractivity contribution is 7.89. The molecule has 1 aromatic rings. The molecular weight excluding hydrogens is 284 g/mol. The minimum atomic E-state index is -3.70. The lowest BCUT2D eigenvalue weighted by molar-refractivity contribution is 0.0678. The minimum Gasteiger partial charge on any atom is -0.478 e. The average Bonchev–Trinajstić information content (AvgIpc) is 2.46. The monoisotopic (exact) mass is 300 g/mol. The second kappa shape index (κ2) is 6.29. The molecule has 8 heteroatoms. The van der Waals surface area contributed by atoms with Crippen molar-refractivity contribution in [3.05, 3.63) is 23.9 Å². The molecule has 1 aromatic heterocycles. The Morgan fingerprint density at radius 3 is 2.65 bits per heavy atom. The molecule has 1 aliphatic rings. The van der Waals surface area contributed by atoms with Crippen molar-refractivity contribution in [2.24, 2.45) is 5.92 Å². The van der Waals surface area contributed by atoms with E-state index in [4.69, 9.17) is 9.84 Å². The van der Waals surface area contributed by atoms with Gasteiger partial charge in [-0.1, -0.05) is 0 Å². The third kappa shape index (κ3) is 3.75. The molecule has 0 saturated carbocycles. The van der Waals surface area contributed by atoms with Gasteiger partial charge in [0.2, 0.25) is 0 Å². The van der Waals surface area contributed by atoms with Crippen molar-refractivity contribution in [3.8, 4) is 0 Å². The fourth-order valence-electron chi connectivity index (χ4n) is 1.92. The molecule has 2 rings (SSSR count). The summed E-state index contributed by atoms with van der Waals surface area (Å²) < 4.78 is 31.7. The summed E-state index contributed by atoms with van der Waals surface area (Å²) in [5.74, 6) is -0.881. The van der Waals surface area contributed by atoms with Crippen LogP contribution < -0.4 is 4.72 Å². The Bertz CT molecular complexity index is 564. The zero-order valence-electron chi connectivity index (χ0n) is 10.8. The van der Waals surface area contributed by atoms with Gasteiger partial charge in [-0.2, -0.15) is 0 Å². The van der Waals surface area contributed by atoms with Gasteiger partial charge in [-0.05, 0) is 30.9 Å². The van der Waals surface area contributed by atoms with E-state index in [1.807, 2.05) is 0 Å². The maximum atomic E-state index is 12.0. The highest BCUT2D eigenvalue weighted by atomic mass is 32.2. The van der Waals surface area contributed by atoms with E-state index in [-0.39, 0.29) is 16.5 Å². The second-order valence-corrected chi connectivity index (χ2v) is 6.31. The van der Waals surface area contributed by atoms with Crippen LogP contribution in [0.1, 0.15) is 23.2 Å². The van der Waals surface area contributed by atoms with Gasteiger partial charge in [-0.15, -0.1) is 0 Å². The highest BCUT2D eigenvalue weighted by Crippen LogP contribution is 2.14. The van der Waals surface area contributed by atoms with E-state index >= 15 is 0 Å². The van der Waals surface area contributed by atoms with Crippen molar-refractivity contribution >= 4 is 16.0 Å². The maximum absolute atomic E-state index is 12.0. The Morgan fingerprint density at radius 1 is 1.40 bits per heavy atom. The van der Waals surface area contributed by atoms with Gasteiger partial charge in [-0.25, -0.2) is 22.9 Å². The quantitative estimate of drug-likeness (QED) is 0.819. The number of aromatic carboxylic acids is 1. The third-order valence-corrected chi connectivity index (χ3v) is 4.50. The zero-order valence-corrected chi connectivity index (χ0v) is 11.6. The zero-order chi connectivity index (χ0) is 14.6. The van der Waals surface area contributed by atoms with Gasteiger partial charge < -0.3 is 9.84 Å². The van der Waals surface area contributed by atoms with E-state index in [0.29, 0.717) is 19.8 Å². The Kier molecular flexibility index (Phi) is 4.69. The number of nitrogens with zero attached hydrogens (tertiary/aromatic N) is 1. The van der Waals surface area contributed by atoms with E-state index in [2.05, 4.69) is 9.71 Å². The molecule has 110 valence electrons. The first-order chi connectivity index (χ1) is 9.49. The summed E-state index contributed by atoms with van der Waals surface area (Å²) in [6, 6.07) is 2.41. The molecule has 0 aromatic carbocycles. The van der Waals surface area contributed by atoms with Gasteiger partial charge in [-0.3, -0.25) is 0 Å². The fraction of sp³-hybridized carbons (Fsp3) is 0.500. The summed E-state index contributed by atoms with van der Waals surface area (Å²) in [4.78, 5) is 14.4. The smallest absolute Gasteiger partial charge is 0.337 e. The molecule has 1 aliphatic heterocycles. The number of hydrogen-bond donors (Lipinski definition) is 2. The van der Waals surface area contributed by atoms with Crippen LogP contribution in [0.5, 0.6) is 0 Å². The van der Waals surface area contributed by atoms with E-state index < -0.39 is 16.0 Å². The summed E-state index contributed by atoms with van der Waals surface area (Å²) in [5.41, 5.74) is -0.0478. The number of hydrogen-bond acceptors (Lipinski definition) is 5. The van der Waals surface area contributed by atoms with Crippen LogP contribution in [-0.4, -0.2) is 44.2 Å². The summed E-state index contributed by atoms with van der Waals surface area (Å²) >= 11 is 0. The van der Waals surface area contributed by atoms with Crippen LogP contribution >= 0.6 is 0 Å². The Hall–Kier alpha value is -1.51. The van der Waals surface area contributed by atoms with E-state index in [0.717, 1.165) is 19.0 Å². The van der Waals surface area contributed by atoms with Crippen molar-refractivity contribution in [2.75, 3.05) is 19.8 Å². The van der Waals surface area contributed by atoms with Crippen molar-refractivity contribution in [1.29, 1.82) is 0 Å². The van der Waals surface area contributed by atoms with Crippen LogP contribution in [0, 0.1) is 5.92 Å². The number of carboxylic acid groups (broad SMARTS) is 1. The van der Waals surface area contributed by atoms with Crippen molar-refractivity contribution in [2.45, 2.75) is 17.9 Å². The van der Waals surface area contributed by atoms with Crippen LogP contribution in [-0.2, 0) is 14.8 Å². The first kappa shape index (κ1) is 14.9. The van der Waals surface area contributed by atoms with Crippen LogP contribution in [0.15, 0.2) is 23.4 Å². The van der Waals surface area contributed by atoms with Gasteiger partial charge in [0.25, 0.3) is 10.0 Å². The summed E-state index contributed by atoms with van der Waals surface area (Å²) in [6.07, 6.45) is 2.69. The molecule has 2 heterocycles. The number of carboxylic acids is 1. The van der Waals surface area contributed by atoms with Gasteiger partial charge >= 0.3 is 5.97 Å². The summed E-state index contributed by atoms with van der Waals surface area (Å²) in [7, 11) is -3.70. The second-order valence-electron chi connectivity index (χ2n) is 4.60. The molecule has 7 nitrogen and oxygen atoms in total. The molecule has 1 fully saturated rings. The highest BCUT2D eigenvalue weighted by Gasteiger charge is 2.20. The standard InChI is InChI=1S/C12H16N2O5S/c15-12(16)10-1-2-11(13-8-10)20(17,18)14-7-9-3-5-19-6-4-9/h1-2,8-9,14H,3-7H2,(H,15,16). The van der Waals surface area contributed by atoms with E-state index in [1.54, 1.807) is 0 Å². The SMILES string of the molecule is O=C(O)c1ccc(S(=O)(=O)NCC2CCOCC2)nc1. The predicted molar refractivity (Wildman–Crippen MR) is 69.9 cm³/mol. The molecule has 20 heavy (non-hydrogen) atoms. The molecule has 0 amide bonds. The van der Waals surface area contributed by atoms with Crippen molar-refractivity contribution in [3.63, 3.8) is 0 Å². The summed E-state index contributed by atoms with van der Waals surface area (Å²) in [5, 5.41) is 8.56. The Labute approximate surface area is 117 Å². The lowest BCUT2D eigenvalue weighted by Gasteiger charge is -2.21. The number of carbonyl (C=O) groups is 1. The number of aromatic nitrogens is 1. The molecule has 0 spiro atoms. The number of nitrogens with one attached hydrogen (secondary N) is 1. The largest absolute Gasteiger partial charge is 0.478 e. The number of rotatable bonds is 5. The molecule has 2 N–H and O–H groups in total. The van der Waals surface area contributed by atoms with Crippen LogP contribution in [0.3, 0.4) is 0 Å². The number of pyridine rings is 1. The normalized spacial score (nSPS) is 17.0. The molecule has 0 aliphatic carbocycles. The first-order valence-electron chi connectivity index (χ1n) is 6.26. The predicted octanol–water partition coefficient (Wildman–Crippen LogP) is 0.485. The maximum Gasteiger partial charge on any atom is 0.337 e. The van der Waals surface area contributed by atoms with Gasteiger partial charge in [0.15, 0.2) is 5.03 Å². The molecule has 0 radical (unpaired) electrons.